The van der Waals surface area contributed by atoms with Crippen LogP contribution in [0.15, 0.2) is 11.4 Å². The summed E-state index contributed by atoms with van der Waals surface area (Å²) < 4.78 is 1.78. The normalized spacial score (nSPS) is 16.5. The van der Waals surface area contributed by atoms with Crippen LogP contribution >= 0.6 is 0 Å². The SMILES string of the molecule is Cc1nn(C)c2ncc(/C=N/O)c(NC3CCCC3)c12. The minimum absolute atomic E-state index is 0.478. The van der Waals surface area contributed by atoms with Gasteiger partial charge in [0.25, 0.3) is 0 Å². The Kier molecular flexibility index (Phi) is 3.30. The van der Waals surface area contributed by atoms with Gasteiger partial charge in [0, 0.05) is 24.8 Å². The Bertz CT molecular complexity index is 655. The van der Waals surface area contributed by atoms with Crippen molar-refractivity contribution in [3.05, 3.63) is 17.5 Å². The molecule has 2 heterocycles. The molecule has 0 bridgehead atoms. The summed E-state index contributed by atoms with van der Waals surface area (Å²) in [5.74, 6) is 0. The van der Waals surface area contributed by atoms with E-state index >= 15 is 0 Å². The molecule has 2 aromatic heterocycles. The lowest BCUT2D eigenvalue weighted by Crippen LogP contribution is -2.16. The maximum absolute atomic E-state index is 8.84. The van der Waals surface area contributed by atoms with Crippen LogP contribution in [0, 0.1) is 6.92 Å². The van der Waals surface area contributed by atoms with E-state index in [0.717, 1.165) is 28.0 Å². The van der Waals surface area contributed by atoms with E-state index in [2.05, 4.69) is 20.6 Å². The van der Waals surface area contributed by atoms with Gasteiger partial charge in [-0.05, 0) is 19.8 Å². The Balaban J connectivity index is 2.14. The number of hydrogen-bond acceptors (Lipinski definition) is 5. The van der Waals surface area contributed by atoms with Crippen LogP contribution in [-0.4, -0.2) is 32.2 Å². The van der Waals surface area contributed by atoms with Crippen LogP contribution in [0.1, 0.15) is 36.9 Å². The van der Waals surface area contributed by atoms with Gasteiger partial charge in [-0.2, -0.15) is 5.10 Å². The van der Waals surface area contributed by atoms with Crippen molar-refractivity contribution in [3.63, 3.8) is 0 Å². The maximum atomic E-state index is 8.84. The summed E-state index contributed by atoms with van der Waals surface area (Å²) in [5, 5.41) is 21.0. The summed E-state index contributed by atoms with van der Waals surface area (Å²) in [4.78, 5) is 4.41. The lowest BCUT2D eigenvalue weighted by molar-refractivity contribution is 0.322. The number of aryl methyl sites for hydroxylation is 2. The van der Waals surface area contributed by atoms with E-state index in [1.54, 1.807) is 10.9 Å². The number of nitrogens with zero attached hydrogens (tertiary/aromatic N) is 4. The summed E-state index contributed by atoms with van der Waals surface area (Å²) in [6.07, 6.45) is 8.04. The number of anilines is 1. The molecular weight excluding hydrogens is 254 g/mol. The predicted octanol–water partition coefficient (Wildman–Crippen LogP) is 2.44. The molecule has 0 radical (unpaired) electrons. The zero-order valence-electron chi connectivity index (χ0n) is 11.8. The minimum Gasteiger partial charge on any atom is -0.411 e. The van der Waals surface area contributed by atoms with Crippen molar-refractivity contribution in [1.82, 2.24) is 14.8 Å². The van der Waals surface area contributed by atoms with Crippen molar-refractivity contribution in [3.8, 4) is 0 Å². The molecule has 0 atom stereocenters. The van der Waals surface area contributed by atoms with Crippen LogP contribution in [0.5, 0.6) is 0 Å². The quantitative estimate of drug-likeness (QED) is 0.511. The molecule has 6 nitrogen and oxygen atoms in total. The lowest BCUT2D eigenvalue weighted by atomic mass is 10.1. The molecule has 6 heteroatoms. The summed E-state index contributed by atoms with van der Waals surface area (Å²) in [6, 6.07) is 0.478. The van der Waals surface area contributed by atoms with E-state index in [9.17, 15) is 0 Å². The third-order valence-electron chi connectivity index (χ3n) is 3.96. The van der Waals surface area contributed by atoms with Gasteiger partial charge in [-0.15, -0.1) is 0 Å². The molecule has 1 fully saturated rings. The van der Waals surface area contributed by atoms with E-state index in [1.165, 1.54) is 31.9 Å². The molecule has 0 aromatic carbocycles. The van der Waals surface area contributed by atoms with Gasteiger partial charge in [-0.3, -0.25) is 4.68 Å². The van der Waals surface area contributed by atoms with Gasteiger partial charge in [0.1, 0.15) is 0 Å². The number of nitrogens with one attached hydrogen (secondary N) is 1. The Hall–Kier alpha value is -2.11. The van der Waals surface area contributed by atoms with E-state index in [-0.39, 0.29) is 0 Å². The molecule has 1 aliphatic rings. The van der Waals surface area contributed by atoms with Crippen LogP contribution in [0.2, 0.25) is 0 Å². The number of oxime groups is 1. The molecule has 106 valence electrons. The second-order valence-electron chi connectivity index (χ2n) is 5.37. The molecule has 3 rings (SSSR count). The number of aromatic nitrogens is 3. The average molecular weight is 273 g/mol. The molecule has 0 amide bonds. The number of hydrogen-bond donors (Lipinski definition) is 2. The highest BCUT2D eigenvalue weighted by Crippen LogP contribution is 2.31. The fourth-order valence-corrected chi connectivity index (χ4v) is 3.02. The first-order valence-corrected chi connectivity index (χ1v) is 6.97. The maximum Gasteiger partial charge on any atom is 0.159 e. The zero-order chi connectivity index (χ0) is 14.1. The van der Waals surface area contributed by atoms with Crippen molar-refractivity contribution >= 4 is 22.9 Å². The molecule has 0 saturated heterocycles. The number of fused-ring (bicyclic) bond motifs is 1. The van der Waals surface area contributed by atoms with Crippen LogP contribution in [0.4, 0.5) is 5.69 Å². The van der Waals surface area contributed by atoms with Crippen molar-refractivity contribution in [2.75, 3.05) is 5.32 Å². The second-order valence-corrected chi connectivity index (χ2v) is 5.37. The molecule has 0 unspecified atom stereocenters. The fraction of sp³-hybridized carbons (Fsp3) is 0.500. The Morgan fingerprint density at radius 1 is 1.45 bits per heavy atom. The topological polar surface area (TPSA) is 75.3 Å². The van der Waals surface area contributed by atoms with E-state index in [4.69, 9.17) is 5.21 Å². The van der Waals surface area contributed by atoms with Crippen LogP contribution in [-0.2, 0) is 7.05 Å². The van der Waals surface area contributed by atoms with Gasteiger partial charge in [-0.25, -0.2) is 4.98 Å². The number of rotatable bonds is 3. The van der Waals surface area contributed by atoms with Crippen LogP contribution in [0.25, 0.3) is 11.0 Å². The van der Waals surface area contributed by atoms with Gasteiger partial charge < -0.3 is 10.5 Å². The summed E-state index contributed by atoms with van der Waals surface area (Å²) in [6.45, 7) is 1.98. The van der Waals surface area contributed by atoms with Crippen molar-refractivity contribution in [1.29, 1.82) is 0 Å². The van der Waals surface area contributed by atoms with Crippen molar-refractivity contribution < 1.29 is 5.21 Å². The Morgan fingerprint density at radius 3 is 2.90 bits per heavy atom. The summed E-state index contributed by atoms with van der Waals surface area (Å²) in [5.41, 5.74) is 3.55. The molecule has 1 aliphatic carbocycles. The first-order valence-electron chi connectivity index (χ1n) is 6.97. The summed E-state index contributed by atoms with van der Waals surface area (Å²) >= 11 is 0. The molecule has 20 heavy (non-hydrogen) atoms. The van der Waals surface area contributed by atoms with Crippen LogP contribution in [0.3, 0.4) is 0 Å². The lowest BCUT2D eigenvalue weighted by Gasteiger charge is -2.16. The monoisotopic (exact) mass is 273 g/mol. The highest BCUT2D eigenvalue weighted by molar-refractivity contribution is 6.01. The zero-order valence-corrected chi connectivity index (χ0v) is 11.8. The largest absolute Gasteiger partial charge is 0.411 e. The minimum atomic E-state index is 0.478. The number of pyridine rings is 1. The molecule has 2 aromatic rings. The molecule has 0 aliphatic heterocycles. The van der Waals surface area contributed by atoms with E-state index < -0.39 is 0 Å². The first-order chi connectivity index (χ1) is 9.70. The van der Waals surface area contributed by atoms with Crippen LogP contribution < -0.4 is 5.32 Å². The third kappa shape index (κ3) is 2.11. The van der Waals surface area contributed by atoms with E-state index in [1.807, 2.05) is 14.0 Å². The van der Waals surface area contributed by atoms with Gasteiger partial charge >= 0.3 is 0 Å². The van der Waals surface area contributed by atoms with Crippen molar-refractivity contribution in [2.45, 2.75) is 38.6 Å². The third-order valence-corrected chi connectivity index (χ3v) is 3.96. The van der Waals surface area contributed by atoms with Gasteiger partial charge in [0.05, 0.1) is 23.0 Å². The van der Waals surface area contributed by atoms with E-state index in [0.29, 0.717) is 6.04 Å². The molecule has 1 saturated carbocycles. The Labute approximate surface area is 117 Å². The second kappa shape index (κ2) is 5.11. The highest BCUT2D eigenvalue weighted by Gasteiger charge is 2.20. The van der Waals surface area contributed by atoms with Gasteiger partial charge in [-0.1, -0.05) is 18.0 Å². The molecule has 2 N–H and O–H groups in total. The van der Waals surface area contributed by atoms with Gasteiger partial charge in [0.2, 0.25) is 0 Å². The summed E-state index contributed by atoms with van der Waals surface area (Å²) in [7, 11) is 1.89. The predicted molar refractivity (Wildman–Crippen MR) is 78.5 cm³/mol. The Morgan fingerprint density at radius 2 is 2.20 bits per heavy atom. The fourth-order valence-electron chi connectivity index (χ4n) is 3.02. The smallest absolute Gasteiger partial charge is 0.159 e. The van der Waals surface area contributed by atoms with Gasteiger partial charge in [0.15, 0.2) is 5.65 Å². The molecule has 0 spiro atoms. The highest BCUT2D eigenvalue weighted by atomic mass is 16.4. The van der Waals surface area contributed by atoms with Crippen molar-refractivity contribution in [2.24, 2.45) is 12.2 Å². The molecular formula is C14H19N5O. The standard InChI is InChI=1S/C14H19N5O/c1-9-12-13(17-11-5-3-4-6-11)10(8-16-20)7-15-14(12)19(2)18-9/h7-8,11,20H,3-6H2,1-2H3,(H,15,17)/b16-8+. The average Bonchev–Trinajstić information content (AvgIpc) is 3.02. The first kappa shape index (κ1) is 12.9.